The number of benzene rings is 2. The molecule has 0 spiro atoms. The number of Topliss-reactive ketones (excluding diaryl/α,β-unsaturated/α-hetero) is 1. The van der Waals surface area contributed by atoms with Crippen LogP contribution in [0.25, 0.3) is 11.0 Å². The molecule has 6 heteroatoms. The molecule has 0 fully saturated rings. The molecule has 0 radical (unpaired) electrons. The Hall–Kier alpha value is -3.28. The highest BCUT2D eigenvalue weighted by molar-refractivity contribution is 6.07. The summed E-state index contributed by atoms with van der Waals surface area (Å²) >= 11 is 0. The van der Waals surface area contributed by atoms with E-state index in [1.807, 2.05) is 26.0 Å². The van der Waals surface area contributed by atoms with Gasteiger partial charge in [0.1, 0.15) is 28.9 Å². The fourth-order valence-corrected chi connectivity index (χ4v) is 3.89. The van der Waals surface area contributed by atoms with Crippen molar-refractivity contribution in [2.24, 2.45) is 0 Å². The van der Waals surface area contributed by atoms with Crippen molar-refractivity contribution >= 4 is 16.8 Å². The maximum Gasteiger partial charge on any atom is 0.339 e. The van der Waals surface area contributed by atoms with Crippen molar-refractivity contribution in [2.45, 2.75) is 33.3 Å². The molecule has 0 bridgehead atoms. The average Bonchev–Trinajstić information content (AvgIpc) is 2.70. The first kappa shape index (κ1) is 19.1. The van der Waals surface area contributed by atoms with Crippen molar-refractivity contribution < 1.29 is 23.4 Å². The van der Waals surface area contributed by atoms with Crippen molar-refractivity contribution in [1.82, 2.24) is 0 Å². The number of hydrogen-bond donors (Lipinski definition) is 0. The fourth-order valence-electron chi connectivity index (χ4n) is 3.89. The second-order valence-corrected chi connectivity index (χ2v) is 7.25. The highest BCUT2D eigenvalue weighted by Gasteiger charge is 2.33. The Balaban J connectivity index is 1.93. The van der Waals surface area contributed by atoms with Gasteiger partial charge in [-0.3, -0.25) is 4.79 Å². The van der Waals surface area contributed by atoms with Gasteiger partial charge >= 0.3 is 5.63 Å². The molecule has 3 aromatic rings. The van der Waals surface area contributed by atoms with Crippen molar-refractivity contribution in [3.05, 3.63) is 62.5 Å². The number of aryl methyl sites for hydroxylation is 2. The molecule has 150 valence electrons. The summed E-state index contributed by atoms with van der Waals surface area (Å²) in [6, 6.07) is 7.15. The Kier molecular flexibility index (Phi) is 4.57. The predicted octanol–water partition coefficient (Wildman–Crippen LogP) is 4.44. The number of ether oxygens (including phenoxy) is 3. The summed E-state index contributed by atoms with van der Waals surface area (Å²) in [5.41, 5.74) is 3.32. The molecule has 6 nitrogen and oxygen atoms in total. The maximum atomic E-state index is 13.1. The maximum absolute atomic E-state index is 13.1. The van der Waals surface area contributed by atoms with Gasteiger partial charge in [0.25, 0.3) is 0 Å². The van der Waals surface area contributed by atoms with E-state index in [4.69, 9.17) is 18.6 Å². The lowest BCUT2D eigenvalue weighted by atomic mass is 9.90. The molecule has 4 rings (SSSR count). The van der Waals surface area contributed by atoms with E-state index in [0.29, 0.717) is 39.3 Å². The average molecular weight is 394 g/mol. The summed E-state index contributed by atoms with van der Waals surface area (Å²) in [7, 11) is 3.15. The number of hydrogen-bond acceptors (Lipinski definition) is 6. The lowest BCUT2D eigenvalue weighted by Gasteiger charge is -2.29. The van der Waals surface area contributed by atoms with Crippen molar-refractivity contribution in [1.29, 1.82) is 0 Å². The molecule has 1 aromatic heterocycles. The van der Waals surface area contributed by atoms with E-state index in [0.717, 1.165) is 16.7 Å². The Morgan fingerprint density at radius 1 is 1.00 bits per heavy atom. The van der Waals surface area contributed by atoms with Crippen LogP contribution in [0.3, 0.4) is 0 Å². The lowest BCUT2D eigenvalue weighted by Crippen LogP contribution is -2.22. The summed E-state index contributed by atoms with van der Waals surface area (Å²) in [5.74, 6) is 1.69. The van der Waals surface area contributed by atoms with Gasteiger partial charge in [-0.1, -0.05) is 0 Å². The fraction of sp³-hybridized carbons (Fsp3) is 0.304. The van der Waals surface area contributed by atoms with E-state index in [2.05, 4.69) is 0 Å². The van der Waals surface area contributed by atoms with Crippen LogP contribution in [0.2, 0.25) is 0 Å². The molecule has 1 unspecified atom stereocenters. The number of carbonyl (C=O) groups excluding carboxylic acids is 1. The molecular weight excluding hydrogens is 372 g/mol. The summed E-state index contributed by atoms with van der Waals surface area (Å²) in [5, 5.41) is 0.660. The predicted molar refractivity (Wildman–Crippen MR) is 109 cm³/mol. The molecule has 0 aliphatic carbocycles. The van der Waals surface area contributed by atoms with Gasteiger partial charge < -0.3 is 18.6 Å². The van der Waals surface area contributed by atoms with Crippen molar-refractivity contribution in [3.63, 3.8) is 0 Å². The van der Waals surface area contributed by atoms with Crippen LogP contribution in [0, 0.1) is 20.8 Å². The van der Waals surface area contributed by atoms with Crippen LogP contribution < -0.4 is 19.8 Å². The molecule has 1 aliphatic rings. The van der Waals surface area contributed by atoms with Crippen LogP contribution in [-0.2, 0) is 0 Å². The quantitative estimate of drug-likeness (QED) is 0.611. The minimum Gasteiger partial charge on any atom is -0.497 e. The zero-order valence-corrected chi connectivity index (χ0v) is 17.0. The second kappa shape index (κ2) is 6.95. The SMILES string of the molecule is COc1ccc(C2CC(=O)c3c(C)cc4oc(=O)c(C)c(C)c4c3O2)c(OC)c1. The normalized spacial score (nSPS) is 15.8. The van der Waals surface area contributed by atoms with Gasteiger partial charge in [-0.15, -0.1) is 0 Å². The third-order valence-electron chi connectivity index (χ3n) is 5.59. The zero-order valence-electron chi connectivity index (χ0n) is 17.0. The number of fused-ring (bicyclic) bond motifs is 3. The monoisotopic (exact) mass is 394 g/mol. The van der Waals surface area contributed by atoms with Gasteiger partial charge in [0.15, 0.2) is 5.78 Å². The molecular formula is C23H22O6. The van der Waals surface area contributed by atoms with E-state index < -0.39 is 6.10 Å². The molecule has 0 amide bonds. The van der Waals surface area contributed by atoms with Gasteiger partial charge in [-0.2, -0.15) is 0 Å². The zero-order chi connectivity index (χ0) is 20.9. The minimum atomic E-state index is -0.521. The van der Waals surface area contributed by atoms with Gasteiger partial charge in [-0.25, -0.2) is 4.79 Å². The summed E-state index contributed by atoms with van der Waals surface area (Å²) in [6.45, 7) is 5.38. The van der Waals surface area contributed by atoms with Crippen molar-refractivity contribution in [2.75, 3.05) is 14.2 Å². The Morgan fingerprint density at radius 3 is 2.45 bits per heavy atom. The van der Waals surface area contributed by atoms with Gasteiger partial charge in [0.2, 0.25) is 0 Å². The first-order chi connectivity index (χ1) is 13.8. The minimum absolute atomic E-state index is 0.0169. The first-order valence-corrected chi connectivity index (χ1v) is 9.35. The van der Waals surface area contributed by atoms with Crippen LogP contribution in [0.4, 0.5) is 0 Å². The van der Waals surface area contributed by atoms with Gasteiger partial charge in [0, 0.05) is 17.2 Å². The Bertz CT molecular complexity index is 1200. The van der Waals surface area contributed by atoms with Crippen molar-refractivity contribution in [3.8, 4) is 17.2 Å². The molecule has 29 heavy (non-hydrogen) atoms. The molecule has 2 heterocycles. The topological polar surface area (TPSA) is 75.0 Å². The molecule has 0 saturated carbocycles. The second-order valence-electron chi connectivity index (χ2n) is 7.25. The number of carbonyl (C=O) groups is 1. The number of rotatable bonds is 3. The van der Waals surface area contributed by atoms with Crippen LogP contribution in [0.15, 0.2) is 33.5 Å². The highest BCUT2D eigenvalue weighted by Crippen LogP contribution is 2.44. The van der Waals surface area contributed by atoms with E-state index in [1.165, 1.54) is 0 Å². The number of methoxy groups -OCH3 is 2. The molecule has 1 aliphatic heterocycles. The highest BCUT2D eigenvalue weighted by atomic mass is 16.5. The molecule has 2 aromatic carbocycles. The lowest BCUT2D eigenvalue weighted by molar-refractivity contribution is 0.0849. The van der Waals surface area contributed by atoms with Crippen LogP contribution >= 0.6 is 0 Å². The number of ketones is 1. The van der Waals surface area contributed by atoms with Crippen LogP contribution in [-0.4, -0.2) is 20.0 Å². The van der Waals surface area contributed by atoms with E-state index >= 15 is 0 Å². The summed E-state index contributed by atoms with van der Waals surface area (Å²) in [6.07, 6.45) is -0.330. The molecule has 0 saturated heterocycles. The largest absolute Gasteiger partial charge is 0.497 e. The first-order valence-electron chi connectivity index (χ1n) is 9.35. The standard InChI is InChI=1S/C23H22O6/c1-11-8-19-21(12(2)13(3)23(25)29-19)22-20(11)16(24)10-18(28-22)15-7-6-14(26-4)9-17(15)27-5/h6-9,18H,10H2,1-5H3. The van der Waals surface area contributed by atoms with Crippen LogP contribution in [0.1, 0.15) is 45.1 Å². The Labute approximate surface area is 168 Å². The third-order valence-corrected chi connectivity index (χ3v) is 5.59. The van der Waals surface area contributed by atoms with Gasteiger partial charge in [0.05, 0.1) is 31.6 Å². The summed E-state index contributed by atoms with van der Waals surface area (Å²) < 4.78 is 22.6. The molecule has 1 atom stereocenters. The molecule has 0 N–H and O–H groups in total. The van der Waals surface area contributed by atoms with Crippen LogP contribution in [0.5, 0.6) is 17.2 Å². The van der Waals surface area contributed by atoms with E-state index in [-0.39, 0.29) is 17.8 Å². The van der Waals surface area contributed by atoms with E-state index in [9.17, 15) is 9.59 Å². The summed E-state index contributed by atoms with van der Waals surface area (Å²) in [4.78, 5) is 25.2. The van der Waals surface area contributed by atoms with E-state index in [1.54, 1.807) is 33.3 Å². The van der Waals surface area contributed by atoms with Gasteiger partial charge in [-0.05, 0) is 50.1 Å². The smallest absolute Gasteiger partial charge is 0.339 e. The Morgan fingerprint density at radius 2 is 1.76 bits per heavy atom. The third kappa shape index (κ3) is 2.95.